The third-order valence-corrected chi connectivity index (χ3v) is 5.22. The fraction of sp³-hybridized carbons (Fsp3) is 0.500. The molecule has 1 aromatic heterocycles. The number of halogens is 6. The summed E-state index contributed by atoms with van der Waals surface area (Å²) in [6, 6.07) is 3.22. The van der Waals surface area contributed by atoms with E-state index in [9.17, 15) is 26.3 Å². The molecule has 2 aromatic rings. The number of piperazine rings is 1. The Morgan fingerprint density at radius 1 is 1.00 bits per heavy atom. The highest BCUT2D eigenvalue weighted by molar-refractivity contribution is 5.83. The Bertz CT molecular complexity index is 945. The molecule has 162 valence electrons. The second-order valence-corrected chi connectivity index (χ2v) is 7.17. The van der Waals surface area contributed by atoms with Crippen LogP contribution < -0.4 is 0 Å². The van der Waals surface area contributed by atoms with E-state index in [2.05, 4.69) is 15.3 Å². The minimum atomic E-state index is -4.65. The Morgan fingerprint density at radius 3 is 2.40 bits per heavy atom. The van der Waals surface area contributed by atoms with Crippen molar-refractivity contribution in [3.8, 4) is 0 Å². The van der Waals surface area contributed by atoms with Gasteiger partial charge in [0.15, 0.2) is 5.82 Å². The van der Waals surface area contributed by atoms with Crippen molar-refractivity contribution in [3.63, 3.8) is 0 Å². The van der Waals surface area contributed by atoms with Gasteiger partial charge in [0.1, 0.15) is 11.7 Å². The van der Waals surface area contributed by atoms with E-state index in [1.807, 2.05) is 9.80 Å². The van der Waals surface area contributed by atoms with E-state index < -0.39 is 24.2 Å². The number of hydrogen-bond acceptors (Lipinski definition) is 5. The van der Waals surface area contributed by atoms with Gasteiger partial charge in [0, 0.05) is 51.1 Å². The number of benzene rings is 1. The molecule has 4 rings (SSSR count). The summed E-state index contributed by atoms with van der Waals surface area (Å²) in [4.78, 5) is 3.78. The predicted molar refractivity (Wildman–Crippen MR) is 94.4 cm³/mol. The van der Waals surface area contributed by atoms with Crippen molar-refractivity contribution >= 4 is 5.84 Å². The zero-order valence-electron chi connectivity index (χ0n) is 15.7. The zero-order chi connectivity index (χ0) is 21.5. The van der Waals surface area contributed by atoms with Gasteiger partial charge in [-0.25, -0.2) is 13.2 Å². The normalized spacial score (nSPS) is 18.0. The molecular formula is C18H18F6N6. The fourth-order valence-electron chi connectivity index (χ4n) is 3.69. The molecule has 2 aliphatic heterocycles. The van der Waals surface area contributed by atoms with Crippen LogP contribution in [-0.2, 0) is 19.1 Å². The summed E-state index contributed by atoms with van der Waals surface area (Å²) in [5.41, 5.74) is 0.0349. The second kappa shape index (κ2) is 7.89. The number of aryl methyl sites for hydroxylation is 1. The van der Waals surface area contributed by atoms with Crippen molar-refractivity contribution in [2.75, 3.05) is 26.2 Å². The van der Waals surface area contributed by atoms with Crippen LogP contribution >= 0.6 is 0 Å². The maximum Gasteiger partial charge on any atom is 0.453 e. The Morgan fingerprint density at radius 2 is 1.73 bits per heavy atom. The topological polar surface area (TPSA) is 49.5 Å². The van der Waals surface area contributed by atoms with Gasteiger partial charge in [0.25, 0.3) is 12.2 Å². The molecule has 0 bridgehead atoms. The third-order valence-electron chi connectivity index (χ3n) is 5.22. The Balaban J connectivity index is 1.44. The lowest BCUT2D eigenvalue weighted by atomic mass is 10.1. The molecule has 0 atom stereocenters. The van der Waals surface area contributed by atoms with Gasteiger partial charge in [-0.3, -0.25) is 4.90 Å². The highest BCUT2D eigenvalue weighted by Gasteiger charge is 2.40. The molecule has 30 heavy (non-hydrogen) atoms. The molecule has 3 heterocycles. The fourth-order valence-corrected chi connectivity index (χ4v) is 3.69. The smallest absolute Gasteiger partial charge is 0.356 e. The van der Waals surface area contributed by atoms with Gasteiger partial charge >= 0.3 is 6.18 Å². The summed E-state index contributed by atoms with van der Waals surface area (Å²) >= 11 is 0. The number of nitrogens with zero attached hydrogens (tertiary/aromatic N) is 6. The first-order valence-electron chi connectivity index (χ1n) is 9.35. The highest BCUT2D eigenvalue weighted by Crippen LogP contribution is 2.30. The molecule has 0 spiro atoms. The van der Waals surface area contributed by atoms with Gasteiger partial charge in [0.2, 0.25) is 0 Å². The summed E-state index contributed by atoms with van der Waals surface area (Å²) in [7, 11) is 0. The summed E-state index contributed by atoms with van der Waals surface area (Å²) in [6.07, 6.45) is -6.61. The molecule has 6 nitrogen and oxygen atoms in total. The summed E-state index contributed by atoms with van der Waals surface area (Å²) in [6.45, 7) is 2.08. The maximum atomic E-state index is 13.5. The maximum absolute atomic E-state index is 13.5. The number of aromatic nitrogens is 3. The molecule has 0 aliphatic carbocycles. The van der Waals surface area contributed by atoms with Crippen molar-refractivity contribution < 1.29 is 26.3 Å². The molecule has 0 amide bonds. The molecule has 1 saturated heterocycles. The number of amidine groups is 1. The van der Waals surface area contributed by atoms with Crippen molar-refractivity contribution in [2.45, 2.75) is 32.0 Å². The van der Waals surface area contributed by atoms with E-state index in [1.54, 1.807) is 0 Å². The van der Waals surface area contributed by atoms with E-state index in [0.29, 0.717) is 44.9 Å². The molecule has 1 aromatic carbocycles. The van der Waals surface area contributed by atoms with Crippen LogP contribution in [0.2, 0.25) is 0 Å². The van der Waals surface area contributed by atoms with Crippen LogP contribution in [0.3, 0.4) is 0 Å². The van der Waals surface area contributed by atoms with Crippen LogP contribution in [0.4, 0.5) is 26.3 Å². The predicted octanol–water partition coefficient (Wildman–Crippen LogP) is 3.30. The van der Waals surface area contributed by atoms with Gasteiger partial charge in [-0.2, -0.15) is 22.9 Å². The quantitative estimate of drug-likeness (QED) is 0.699. The van der Waals surface area contributed by atoms with Crippen LogP contribution in [-0.4, -0.2) is 56.7 Å². The molecule has 0 unspecified atom stereocenters. The monoisotopic (exact) mass is 432 g/mol. The van der Waals surface area contributed by atoms with Crippen LogP contribution in [0, 0.1) is 5.82 Å². The SMILES string of the molecule is Fc1ccc(C(F)F)c(CN2CCN(C3=Nn4c(nnc4C(F)(F)F)CC3)CC2)c1. The van der Waals surface area contributed by atoms with Crippen molar-refractivity contribution in [3.05, 3.63) is 46.8 Å². The number of rotatable bonds is 3. The zero-order valence-corrected chi connectivity index (χ0v) is 15.7. The van der Waals surface area contributed by atoms with Crippen LogP contribution in [0.25, 0.3) is 0 Å². The molecule has 0 N–H and O–H groups in total. The Hall–Kier alpha value is -2.63. The standard InChI is InChI=1S/C18H18F6N6/c19-12-1-2-13(16(20)21)11(9-12)10-28-5-7-29(8-6-28)15-4-3-14-25-26-17(18(22,23)24)30(14)27-15/h1-2,9,16H,3-8,10H2. The second-order valence-electron chi connectivity index (χ2n) is 7.17. The third kappa shape index (κ3) is 4.13. The van der Waals surface area contributed by atoms with Gasteiger partial charge < -0.3 is 4.90 Å². The number of hydrogen-bond donors (Lipinski definition) is 0. The van der Waals surface area contributed by atoms with Crippen molar-refractivity contribution in [1.29, 1.82) is 0 Å². The highest BCUT2D eigenvalue weighted by atomic mass is 19.4. The van der Waals surface area contributed by atoms with E-state index in [-0.39, 0.29) is 23.5 Å². The molecular weight excluding hydrogens is 414 g/mol. The molecule has 12 heteroatoms. The van der Waals surface area contributed by atoms with Crippen molar-refractivity contribution in [2.24, 2.45) is 5.10 Å². The first-order valence-corrected chi connectivity index (χ1v) is 9.35. The van der Waals surface area contributed by atoms with E-state index in [1.165, 1.54) is 0 Å². The molecule has 0 saturated carbocycles. The molecule has 2 aliphatic rings. The summed E-state index contributed by atoms with van der Waals surface area (Å²) < 4.78 is 79.8. The van der Waals surface area contributed by atoms with Crippen molar-refractivity contribution in [1.82, 2.24) is 24.7 Å². The minimum Gasteiger partial charge on any atom is -0.356 e. The van der Waals surface area contributed by atoms with Crippen LogP contribution in [0.15, 0.2) is 23.3 Å². The van der Waals surface area contributed by atoms with Gasteiger partial charge in [-0.1, -0.05) is 6.07 Å². The van der Waals surface area contributed by atoms with Gasteiger partial charge in [0.05, 0.1) is 0 Å². The van der Waals surface area contributed by atoms with Gasteiger partial charge in [-0.05, 0) is 17.7 Å². The van der Waals surface area contributed by atoms with E-state index in [4.69, 9.17) is 0 Å². The Kier molecular flexibility index (Phi) is 5.43. The lowest BCUT2D eigenvalue weighted by Crippen LogP contribution is -2.49. The summed E-state index contributed by atoms with van der Waals surface area (Å²) in [5, 5.41) is 10.9. The van der Waals surface area contributed by atoms with Gasteiger partial charge in [-0.15, -0.1) is 10.2 Å². The van der Waals surface area contributed by atoms with Crippen LogP contribution in [0.5, 0.6) is 0 Å². The number of fused-ring (bicyclic) bond motifs is 1. The molecule has 1 fully saturated rings. The van der Waals surface area contributed by atoms with E-state index >= 15 is 0 Å². The lowest BCUT2D eigenvalue weighted by molar-refractivity contribution is -0.147. The van der Waals surface area contributed by atoms with E-state index in [0.717, 1.165) is 22.9 Å². The minimum absolute atomic E-state index is 0.162. The number of alkyl halides is 5. The molecule has 0 radical (unpaired) electrons. The lowest BCUT2D eigenvalue weighted by Gasteiger charge is -2.37. The largest absolute Gasteiger partial charge is 0.453 e. The average molecular weight is 432 g/mol. The first kappa shape index (κ1) is 20.6. The van der Waals surface area contributed by atoms with Crippen LogP contribution in [0.1, 0.15) is 35.6 Å². The first-order chi connectivity index (χ1) is 14.2. The Labute approximate surface area is 167 Å². The summed E-state index contributed by atoms with van der Waals surface area (Å²) in [5.74, 6) is -1.06. The average Bonchev–Trinajstić information content (AvgIpc) is 3.12.